The third-order valence-corrected chi connectivity index (χ3v) is 6.10. The summed E-state index contributed by atoms with van der Waals surface area (Å²) >= 11 is 0.849. The number of benzene rings is 1. The molecular weight excluding hydrogens is 550 g/mol. The van der Waals surface area contributed by atoms with Crippen molar-refractivity contribution in [2.24, 2.45) is 5.73 Å². The normalized spacial score (nSPS) is 12.5. The van der Waals surface area contributed by atoms with E-state index in [9.17, 15) is 36.7 Å². The minimum absolute atomic E-state index is 0.0380. The molecule has 16 heteroatoms. The van der Waals surface area contributed by atoms with Gasteiger partial charge in [0, 0.05) is 6.20 Å². The van der Waals surface area contributed by atoms with Gasteiger partial charge in [-0.25, -0.2) is 9.78 Å². The Labute approximate surface area is 220 Å². The van der Waals surface area contributed by atoms with Gasteiger partial charge in [0.25, 0.3) is 5.56 Å². The van der Waals surface area contributed by atoms with Crippen LogP contribution in [0.3, 0.4) is 0 Å². The first kappa shape index (κ1) is 29.1. The second-order valence-electron chi connectivity index (χ2n) is 7.90. The number of pyridine rings is 1. The van der Waals surface area contributed by atoms with Gasteiger partial charge < -0.3 is 30.8 Å². The third kappa shape index (κ3) is 7.76. The van der Waals surface area contributed by atoms with E-state index in [0.717, 1.165) is 28.0 Å². The van der Waals surface area contributed by atoms with Gasteiger partial charge >= 0.3 is 18.6 Å². The van der Waals surface area contributed by atoms with Crippen LogP contribution >= 0.6 is 11.3 Å². The Kier molecular flexibility index (Phi) is 9.24. The number of aromatic nitrogens is 2. The van der Waals surface area contributed by atoms with E-state index in [1.807, 2.05) is 5.32 Å². The van der Waals surface area contributed by atoms with Crippen LogP contribution in [0.1, 0.15) is 17.8 Å². The van der Waals surface area contributed by atoms with Gasteiger partial charge in [0.05, 0.1) is 16.8 Å². The molecule has 3 amide bonds. The SMILES string of the molecule is NC(=O)C=CCCC(NC(=O)O)C(=O)Nc1cccn(Cc2nc3cccc(OC(F)(F)C(F)F)c3s2)c1=O. The van der Waals surface area contributed by atoms with Crippen molar-refractivity contribution >= 4 is 45.1 Å². The van der Waals surface area contributed by atoms with Crippen molar-refractivity contribution in [3.8, 4) is 5.75 Å². The number of primary amides is 1. The molecule has 1 unspecified atom stereocenters. The molecule has 3 aromatic rings. The molecule has 5 N–H and O–H groups in total. The molecule has 0 spiro atoms. The fraction of sp³-hybridized carbons (Fsp3) is 0.261. The van der Waals surface area contributed by atoms with E-state index in [1.165, 1.54) is 36.5 Å². The first-order valence-electron chi connectivity index (χ1n) is 11.1. The second-order valence-corrected chi connectivity index (χ2v) is 8.99. The molecule has 0 bridgehead atoms. The van der Waals surface area contributed by atoms with Crippen LogP contribution < -0.4 is 26.7 Å². The lowest BCUT2D eigenvalue weighted by Gasteiger charge is -2.16. The summed E-state index contributed by atoms with van der Waals surface area (Å²) in [5.41, 5.74) is 4.29. The molecule has 0 fully saturated rings. The summed E-state index contributed by atoms with van der Waals surface area (Å²) < 4.78 is 57.5. The average Bonchev–Trinajstić information content (AvgIpc) is 3.26. The lowest BCUT2D eigenvalue weighted by atomic mass is 10.1. The van der Waals surface area contributed by atoms with Crippen LogP contribution in [-0.2, 0) is 16.1 Å². The number of rotatable bonds is 12. The number of amides is 3. The summed E-state index contributed by atoms with van der Waals surface area (Å²) in [5.74, 6) is -2.05. The van der Waals surface area contributed by atoms with Crippen LogP contribution in [0, 0.1) is 0 Å². The van der Waals surface area contributed by atoms with Crippen molar-refractivity contribution in [3.63, 3.8) is 0 Å². The summed E-state index contributed by atoms with van der Waals surface area (Å²) in [6.07, 6.45) is -6.35. The third-order valence-electron chi connectivity index (χ3n) is 5.03. The maximum absolute atomic E-state index is 13.4. The number of anilines is 1. The number of allylic oxidation sites excluding steroid dienone is 1. The maximum Gasteiger partial charge on any atom is 0.461 e. The number of thiazole rings is 1. The number of nitrogens with zero attached hydrogens (tertiary/aromatic N) is 2. The van der Waals surface area contributed by atoms with Crippen molar-refractivity contribution in [3.05, 3.63) is 64.0 Å². The molecule has 39 heavy (non-hydrogen) atoms. The molecule has 11 nitrogen and oxygen atoms in total. The van der Waals surface area contributed by atoms with Gasteiger partial charge in [0.15, 0.2) is 0 Å². The lowest BCUT2D eigenvalue weighted by Crippen LogP contribution is -2.44. The second kappa shape index (κ2) is 12.4. The smallest absolute Gasteiger partial charge is 0.461 e. The van der Waals surface area contributed by atoms with Crippen LogP contribution in [0.4, 0.5) is 28.0 Å². The highest BCUT2D eigenvalue weighted by Gasteiger charge is 2.44. The summed E-state index contributed by atoms with van der Waals surface area (Å²) in [5, 5.41) is 13.7. The number of nitrogens with one attached hydrogen (secondary N) is 2. The molecule has 0 aliphatic rings. The van der Waals surface area contributed by atoms with Crippen LogP contribution in [0.25, 0.3) is 10.2 Å². The molecule has 0 aliphatic carbocycles. The van der Waals surface area contributed by atoms with Crippen LogP contribution in [0.15, 0.2) is 53.5 Å². The highest BCUT2D eigenvalue weighted by Crippen LogP contribution is 2.36. The van der Waals surface area contributed by atoms with E-state index in [1.54, 1.807) is 0 Å². The van der Waals surface area contributed by atoms with Gasteiger partial charge in [0.2, 0.25) is 11.8 Å². The van der Waals surface area contributed by atoms with E-state index in [0.29, 0.717) is 0 Å². The zero-order valence-corrected chi connectivity index (χ0v) is 20.6. The zero-order chi connectivity index (χ0) is 28.7. The quantitative estimate of drug-likeness (QED) is 0.191. The van der Waals surface area contributed by atoms with Gasteiger partial charge in [0.1, 0.15) is 22.5 Å². The van der Waals surface area contributed by atoms with E-state index in [-0.39, 0.29) is 40.3 Å². The van der Waals surface area contributed by atoms with Crippen LogP contribution in [-0.4, -0.2) is 51.1 Å². The standard InChI is InChI=1S/C23H21F4N5O6S/c24-21(25)23(26,27)38-15-8-3-6-12-18(15)39-17(29-12)11-32-10-4-7-14(20(32)35)30-19(34)13(31-22(36)37)5-1-2-9-16(28)33/h2-4,6-10,13,21,31H,1,5,11H2,(H2,28,33)(H,30,34)(H,36,37). The molecular formula is C23H21F4N5O6S. The largest absolute Gasteiger partial charge is 0.465 e. The summed E-state index contributed by atoms with van der Waals surface area (Å²) in [7, 11) is 0. The molecule has 0 aliphatic heterocycles. The fourth-order valence-corrected chi connectivity index (χ4v) is 4.32. The molecule has 208 valence electrons. The Morgan fingerprint density at radius 2 is 1.97 bits per heavy atom. The Bertz CT molecular complexity index is 1460. The number of fused-ring (bicyclic) bond motifs is 1. The molecule has 2 aromatic heterocycles. The number of halogens is 4. The van der Waals surface area contributed by atoms with Gasteiger partial charge in [-0.15, -0.1) is 11.3 Å². The topological polar surface area (TPSA) is 166 Å². The monoisotopic (exact) mass is 571 g/mol. The fourth-order valence-electron chi connectivity index (χ4n) is 3.31. The Balaban J connectivity index is 1.79. The predicted molar refractivity (Wildman–Crippen MR) is 132 cm³/mol. The minimum atomic E-state index is -4.71. The number of carbonyl (C=O) groups excluding carboxylic acids is 2. The van der Waals surface area contributed by atoms with Gasteiger partial charge in [-0.2, -0.15) is 17.6 Å². The molecule has 0 saturated heterocycles. The number of alkyl halides is 4. The van der Waals surface area contributed by atoms with Crippen molar-refractivity contribution in [1.29, 1.82) is 0 Å². The molecule has 2 heterocycles. The van der Waals surface area contributed by atoms with Crippen molar-refractivity contribution in [2.75, 3.05) is 5.32 Å². The van der Waals surface area contributed by atoms with Gasteiger partial charge in [-0.1, -0.05) is 12.1 Å². The molecule has 0 radical (unpaired) electrons. The predicted octanol–water partition coefficient (Wildman–Crippen LogP) is 3.14. The Morgan fingerprint density at radius 1 is 1.23 bits per heavy atom. The van der Waals surface area contributed by atoms with Crippen molar-refractivity contribution in [2.45, 2.75) is 38.0 Å². The van der Waals surface area contributed by atoms with Crippen LogP contribution in [0.2, 0.25) is 0 Å². The molecule has 0 saturated carbocycles. The number of nitrogens with two attached hydrogens (primary N) is 1. The minimum Gasteiger partial charge on any atom is -0.465 e. The number of hydrogen-bond donors (Lipinski definition) is 4. The van der Waals surface area contributed by atoms with E-state index in [2.05, 4.69) is 15.0 Å². The number of carbonyl (C=O) groups is 3. The van der Waals surface area contributed by atoms with Gasteiger partial charge in [-0.3, -0.25) is 14.4 Å². The van der Waals surface area contributed by atoms with E-state index >= 15 is 0 Å². The highest BCUT2D eigenvalue weighted by atomic mass is 32.1. The average molecular weight is 572 g/mol. The van der Waals surface area contributed by atoms with Crippen molar-refractivity contribution < 1.29 is 41.8 Å². The molecule has 1 aromatic carbocycles. The van der Waals surface area contributed by atoms with Gasteiger partial charge in [-0.05, 0) is 43.2 Å². The summed E-state index contributed by atoms with van der Waals surface area (Å²) in [6.45, 7) is -0.165. The highest BCUT2D eigenvalue weighted by molar-refractivity contribution is 7.19. The lowest BCUT2D eigenvalue weighted by molar-refractivity contribution is -0.252. The maximum atomic E-state index is 13.4. The Morgan fingerprint density at radius 3 is 2.64 bits per heavy atom. The first-order chi connectivity index (χ1) is 18.4. The number of carboxylic acid groups (broad SMARTS) is 1. The molecule has 3 rings (SSSR count). The van der Waals surface area contributed by atoms with E-state index in [4.69, 9.17) is 10.8 Å². The summed E-state index contributed by atoms with van der Waals surface area (Å²) in [4.78, 5) is 51.7. The molecule has 1 atom stereocenters. The van der Waals surface area contributed by atoms with Crippen LogP contribution in [0.5, 0.6) is 5.75 Å². The summed E-state index contributed by atoms with van der Waals surface area (Å²) in [6, 6.07) is 5.30. The van der Waals surface area contributed by atoms with Crippen molar-refractivity contribution in [1.82, 2.24) is 14.9 Å². The Hall–Kier alpha value is -4.47. The van der Waals surface area contributed by atoms with E-state index < -0.39 is 47.8 Å². The number of hydrogen-bond acceptors (Lipinski definition) is 7. The zero-order valence-electron chi connectivity index (χ0n) is 19.8. The number of ether oxygens (including phenoxy) is 1. The first-order valence-corrected chi connectivity index (χ1v) is 11.9.